The van der Waals surface area contributed by atoms with Crippen LogP contribution in [-0.2, 0) is 4.74 Å². The van der Waals surface area contributed by atoms with Crippen LogP contribution in [0.1, 0.15) is 41.1 Å². The lowest BCUT2D eigenvalue weighted by atomic mass is 9.98. The van der Waals surface area contributed by atoms with Gasteiger partial charge in [-0.2, -0.15) is 0 Å². The predicted molar refractivity (Wildman–Crippen MR) is 109 cm³/mol. The first-order valence-corrected chi connectivity index (χ1v) is 9.74. The molecular formula is C23H23NO5. The van der Waals surface area contributed by atoms with Crippen LogP contribution in [0.4, 0.5) is 0 Å². The number of para-hydroxylation sites is 1. The lowest BCUT2D eigenvalue weighted by molar-refractivity contribution is 0.0695. The van der Waals surface area contributed by atoms with Gasteiger partial charge in [-0.05, 0) is 43.2 Å². The van der Waals surface area contributed by atoms with Crippen LogP contribution in [0, 0.1) is 0 Å². The van der Waals surface area contributed by atoms with E-state index in [-0.39, 0.29) is 17.1 Å². The SMILES string of the molecule is CCOCCCN1C(=O)c2oc3ccccc3c(=O)c2[C@H]1c1cccc(OC)c1. The first kappa shape index (κ1) is 19.2. The minimum Gasteiger partial charge on any atom is -0.497 e. The van der Waals surface area contributed by atoms with Crippen LogP contribution >= 0.6 is 0 Å². The number of hydrogen-bond acceptors (Lipinski definition) is 5. The summed E-state index contributed by atoms with van der Waals surface area (Å²) in [6.45, 7) is 3.56. The second kappa shape index (κ2) is 8.09. The van der Waals surface area contributed by atoms with Crippen molar-refractivity contribution in [1.29, 1.82) is 0 Å². The third-order valence-electron chi connectivity index (χ3n) is 5.17. The van der Waals surface area contributed by atoms with Gasteiger partial charge in [-0.15, -0.1) is 0 Å². The standard InChI is InChI=1S/C23H23NO5/c1-3-28-13-7-12-24-20(15-8-6-9-16(14-15)27-2)19-21(25)17-10-4-5-11-18(17)29-22(19)23(24)26/h4-6,8-11,14,20H,3,7,12-13H2,1-2H3/t20-/m1/s1. The van der Waals surface area contributed by atoms with E-state index in [1.54, 1.807) is 36.3 Å². The van der Waals surface area contributed by atoms with Crippen molar-refractivity contribution < 1.29 is 18.7 Å². The Morgan fingerprint density at radius 3 is 2.72 bits per heavy atom. The number of methoxy groups -OCH3 is 1. The highest BCUT2D eigenvalue weighted by molar-refractivity contribution is 5.99. The third-order valence-corrected chi connectivity index (χ3v) is 5.17. The average Bonchev–Trinajstić information content (AvgIpc) is 3.03. The van der Waals surface area contributed by atoms with E-state index < -0.39 is 6.04 Å². The number of ether oxygens (including phenoxy) is 2. The fourth-order valence-corrected chi connectivity index (χ4v) is 3.84. The van der Waals surface area contributed by atoms with Gasteiger partial charge < -0.3 is 18.8 Å². The molecule has 3 aromatic rings. The van der Waals surface area contributed by atoms with Gasteiger partial charge in [0.1, 0.15) is 11.3 Å². The molecule has 1 amide bonds. The first-order chi connectivity index (χ1) is 14.2. The van der Waals surface area contributed by atoms with Gasteiger partial charge in [0.05, 0.1) is 24.1 Å². The van der Waals surface area contributed by atoms with Gasteiger partial charge in [0, 0.05) is 19.8 Å². The molecule has 0 saturated carbocycles. The molecule has 150 valence electrons. The van der Waals surface area contributed by atoms with E-state index in [2.05, 4.69) is 0 Å². The molecule has 1 aliphatic heterocycles. The maximum atomic E-state index is 13.3. The maximum Gasteiger partial charge on any atom is 0.290 e. The Kier molecular flexibility index (Phi) is 5.36. The highest BCUT2D eigenvalue weighted by Crippen LogP contribution is 2.39. The van der Waals surface area contributed by atoms with E-state index in [1.165, 1.54) is 0 Å². The highest BCUT2D eigenvalue weighted by atomic mass is 16.5. The summed E-state index contributed by atoms with van der Waals surface area (Å²) in [6.07, 6.45) is 0.668. The zero-order valence-corrected chi connectivity index (χ0v) is 16.5. The number of nitrogens with zero attached hydrogens (tertiary/aromatic N) is 1. The maximum absolute atomic E-state index is 13.3. The molecule has 0 spiro atoms. The first-order valence-electron chi connectivity index (χ1n) is 9.74. The van der Waals surface area contributed by atoms with Gasteiger partial charge in [-0.25, -0.2) is 0 Å². The fraction of sp³-hybridized carbons (Fsp3) is 0.304. The molecule has 1 atom stereocenters. The number of hydrogen-bond donors (Lipinski definition) is 0. The molecule has 0 N–H and O–H groups in total. The van der Waals surface area contributed by atoms with Gasteiger partial charge >= 0.3 is 0 Å². The third kappa shape index (κ3) is 3.40. The molecule has 2 heterocycles. The van der Waals surface area contributed by atoms with Crippen LogP contribution < -0.4 is 10.2 Å². The molecule has 0 fully saturated rings. The Bertz CT molecular complexity index is 1100. The zero-order chi connectivity index (χ0) is 20.4. The summed E-state index contributed by atoms with van der Waals surface area (Å²) in [6, 6.07) is 14.0. The van der Waals surface area contributed by atoms with E-state index in [0.717, 1.165) is 5.56 Å². The van der Waals surface area contributed by atoms with Crippen LogP contribution in [0.5, 0.6) is 5.75 Å². The average molecular weight is 393 g/mol. The molecule has 0 bridgehead atoms. The molecule has 0 aliphatic carbocycles. The van der Waals surface area contributed by atoms with Crippen molar-refractivity contribution in [2.45, 2.75) is 19.4 Å². The van der Waals surface area contributed by atoms with Gasteiger partial charge in [-0.1, -0.05) is 24.3 Å². The minimum absolute atomic E-state index is 0.123. The number of carbonyl (C=O) groups is 1. The molecule has 4 rings (SSSR count). The molecule has 1 aliphatic rings. The monoisotopic (exact) mass is 393 g/mol. The van der Waals surface area contributed by atoms with Crippen LogP contribution in [0.3, 0.4) is 0 Å². The van der Waals surface area contributed by atoms with Crippen molar-refractivity contribution in [3.8, 4) is 5.75 Å². The largest absolute Gasteiger partial charge is 0.497 e. The molecule has 29 heavy (non-hydrogen) atoms. The number of carbonyl (C=O) groups excluding carboxylic acids is 1. The summed E-state index contributed by atoms with van der Waals surface area (Å²) in [5.41, 5.74) is 1.45. The van der Waals surface area contributed by atoms with E-state index in [1.807, 2.05) is 31.2 Å². The Hall–Kier alpha value is -3.12. The summed E-state index contributed by atoms with van der Waals surface area (Å²) in [5, 5.41) is 0.475. The molecule has 0 saturated heterocycles. The topological polar surface area (TPSA) is 69.0 Å². The lowest BCUT2D eigenvalue weighted by Crippen LogP contribution is -2.31. The highest BCUT2D eigenvalue weighted by Gasteiger charge is 2.42. The molecule has 6 nitrogen and oxygen atoms in total. The quantitative estimate of drug-likeness (QED) is 0.572. The van der Waals surface area contributed by atoms with E-state index in [0.29, 0.717) is 48.5 Å². The van der Waals surface area contributed by atoms with Gasteiger partial charge in [-0.3, -0.25) is 9.59 Å². The second-order valence-corrected chi connectivity index (χ2v) is 6.90. The fourth-order valence-electron chi connectivity index (χ4n) is 3.84. The molecule has 0 radical (unpaired) electrons. The van der Waals surface area contributed by atoms with Crippen molar-refractivity contribution in [2.75, 3.05) is 26.9 Å². The second-order valence-electron chi connectivity index (χ2n) is 6.90. The van der Waals surface area contributed by atoms with Crippen LogP contribution in [0.15, 0.2) is 57.7 Å². The molecule has 6 heteroatoms. The van der Waals surface area contributed by atoms with E-state index in [4.69, 9.17) is 13.9 Å². The van der Waals surface area contributed by atoms with E-state index in [9.17, 15) is 9.59 Å². The predicted octanol–water partition coefficient (Wildman–Crippen LogP) is 3.77. The molecule has 2 aromatic carbocycles. The minimum atomic E-state index is -0.518. The summed E-state index contributed by atoms with van der Waals surface area (Å²) in [4.78, 5) is 28.2. The van der Waals surface area contributed by atoms with Gasteiger partial charge in [0.25, 0.3) is 5.91 Å². The number of rotatable bonds is 7. The Morgan fingerprint density at radius 1 is 1.10 bits per heavy atom. The molecule has 0 unspecified atom stereocenters. The smallest absolute Gasteiger partial charge is 0.290 e. The van der Waals surface area contributed by atoms with Gasteiger partial charge in [0.15, 0.2) is 5.43 Å². The summed E-state index contributed by atoms with van der Waals surface area (Å²) < 4.78 is 16.7. The van der Waals surface area contributed by atoms with Crippen LogP contribution in [0.25, 0.3) is 11.0 Å². The number of fused-ring (bicyclic) bond motifs is 2. The Morgan fingerprint density at radius 2 is 1.93 bits per heavy atom. The molecular weight excluding hydrogens is 370 g/mol. The molecule has 1 aromatic heterocycles. The van der Waals surface area contributed by atoms with Crippen LogP contribution in [0.2, 0.25) is 0 Å². The number of amides is 1. The van der Waals surface area contributed by atoms with Crippen molar-refractivity contribution >= 4 is 16.9 Å². The van der Waals surface area contributed by atoms with E-state index >= 15 is 0 Å². The van der Waals surface area contributed by atoms with Crippen molar-refractivity contribution in [2.24, 2.45) is 0 Å². The Labute approximate surface area is 168 Å². The van der Waals surface area contributed by atoms with Crippen molar-refractivity contribution in [1.82, 2.24) is 4.90 Å². The summed E-state index contributed by atoms with van der Waals surface area (Å²) >= 11 is 0. The lowest BCUT2D eigenvalue weighted by Gasteiger charge is -2.25. The number of benzene rings is 2. The zero-order valence-electron chi connectivity index (χ0n) is 16.5. The summed E-state index contributed by atoms with van der Waals surface area (Å²) in [5.74, 6) is 0.521. The van der Waals surface area contributed by atoms with Gasteiger partial charge in [0.2, 0.25) is 5.76 Å². The Balaban J connectivity index is 1.85. The normalized spacial score (nSPS) is 15.7. The van der Waals surface area contributed by atoms with Crippen molar-refractivity contribution in [3.63, 3.8) is 0 Å². The summed E-state index contributed by atoms with van der Waals surface area (Å²) in [7, 11) is 1.59. The van der Waals surface area contributed by atoms with Crippen LogP contribution in [-0.4, -0.2) is 37.7 Å². The van der Waals surface area contributed by atoms with Crippen molar-refractivity contribution in [3.05, 3.63) is 75.6 Å².